The summed E-state index contributed by atoms with van der Waals surface area (Å²) in [7, 11) is 0. The van der Waals surface area contributed by atoms with E-state index in [0.29, 0.717) is 13.0 Å². The van der Waals surface area contributed by atoms with Gasteiger partial charge in [-0.2, -0.15) is 0 Å². The van der Waals surface area contributed by atoms with E-state index in [1.807, 2.05) is 0 Å². The van der Waals surface area contributed by atoms with Crippen LogP contribution in [-0.2, 0) is 17.6 Å². The first kappa shape index (κ1) is 12.3. The normalized spacial score (nSPS) is 10.4. The summed E-state index contributed by atoms with van der Waals surface area (Å²) in [6, 6.07) is 0. The second kappa shape index (κ2) is 6.58. The number of imidazole rings is 2. The van der Waals surface area contributed by atoms with Gasteiger partial charge in [0.25, 0.3) is 0 Å². The lowest BCUT2D eigenvalue weighted by atomic mass is 10.2. The number of hydrogen-bond donors (Lipinski definition) is 3. The summed E-state index contributed by atoms with van der Waals surface area (Å²) in [4.78, 5) is 25.4. The highest BCUT2D eigenvalue weighted by Crippen LogP contribution is 2.00. The van der Waals surface area contributed by atoms with Gasteiger partial charge in [-0.15, -0.1) is 0 Å². The van der Waals surface area contributed by atoms with E-state index in [2.05, 4.69) is 25.3 Å². The largest absolute Gasteiger partial charge is 0.356 e. The molecular weight excluding hydrogens is 230 g/mol. The molecule has 18 heavy (non-hydrogen) atoms. The maximum atomic E-state index is 11.5. The van der Waals surface area contributed by atoms with Crippen LogP contribution in [0.1, 0.15) is 24.2 Å². The van der Waals surface area contributed by atoms with E-state index in [4.69, 9.17) is 0 Å². The van der Waals surface area contributed by atoms with Crippen LogP contribution in [0.25, 0.3) is 0 Å². The average Bonchev–Trinajstić information content (AvgIpc) is 3.01. The van der Waals surface area contributed by atoms with E-state index in [1.165, 1.54) is 0 Å². The third kappa shape index (κ3) is 4.04. The van der Waals surface area contributed by atoms with E-state index < -0.39 is 0 Å². The van der Waals surface area contributed by atoms with Gasteiger partial charge in [-0.05, 0) is 12.8 Å². The highest BCUT2D eigenvalue weighted by molar-refractivity contribution is 5.75. The predicted octanol–water partition coefficient (Wildman–Crippen LogP) is 0.814. The van der Waals surface area contributed by atoms with Crippen molar-refractivity contribution >= 4 is 5.91 Å². The Kier molecular flexibility index (Phi) is 4.52. The second-order valence-electron chi connectivity index (χ2n) is 4.11. The number of aryl methyl sites for hydroxylation is 1. The summed E-state index contributed by atoms with van der Waals surface area (Å²) in [5.74, 6) is 0.0917. The van der Waals surface area contributed by atoms with Crippen LogP contribution in [0.5, 0.6) is 0 Å². The van der Waals surface area contributed by atoms with Crippen molar-refractivity contribution in [3.8, 4) is 0 Å². The number of carbonyl (C=O) groups is 1. The molecule has 0 spiro atoms. The van der Waals surface area contributed by atoms with Crippen LogP contribution < -0.4 is 5.32 Å². The van der Waals surface area contributed by atoms with E-state index >= 15 is 0 Å². The van der Waals surface area contributed by atoms with Crippen molar-refractivity contribution in [2.75, 3.05) is 6.54 Å². The maximum Gasteiger partial charge on any atom is 0.220 e. The molecule has 0 aliphatic rings. The van der Waals surface area contributed by atoms with Crippen LogP contribution in [0, 0.1) is 0 Å². The standard InChI is InChI=1S/C12H17N5O/c18-12(3-1-2-10-6-13-8-16-10)15-5-4-11-7-14-9-17-11/h6-9H,1-5H2,(H,13,16)(H,14,17)(H,15,18). The minimum atomic E-state index is 0.0917. The van der Waals surface area contributed by atoms with E-state index in [-0.39, 0.29) is 5.91 Å². The van der Waals surface area contributed by atoms with Crippen LogP contribution >= 0.6 is 0 Å². The Morgan fingerprint density at radius 3 is 2.39 bits per heavy atom. The molecule has 0 bridgehead atoms. The molecule has 0 aliphatic heterocycles. The summed E-state index contributed by atoms with van der Waals surface area (Å²) in [5, 5.41) is 2.89. The van der Waals surface area contributed by atoms with Crippen LogP contribution in [0.3, 0.4) is 0 Å². The highest BCUT2D eigenvalue weighted by Gasteiger charge is 2.02. The highest BCUT2D eigenvalue weighted by atomic mass is 16.1. The van der Waals surface area contributed by atoms with Crippen molar-refractivity contribution in [1.29, 1.82) is 0 Å². The zero-order chi connectivity index (χ0) is 12.6. The molecule has 2 aromatic rings. The van der Waals surface area contributed by atoms with E-state index in [0.717, 1.165) is 30.7 Å². The minimum absolute atomic E-state index is 0.0917. The molecule has 6 heteroatoms. The third-order valence-electron chi connectivity index (χ3n) is 2.68. The molecular formula is C12H17N5O. The number of H-pyrrole nitrogens is 2. The van der Waals surface area contributed by atoms with Crippen LogP contribution in [0.4, 0.5) is 0 Å². The Balaban J connectivity index is 1.55. The Bertz CT molecular complexity index is 407. The SMILES string of the molecule is O=C(CCCc1cnc[nH]1)NCCc1cnc[nH]1. The molecule has 2 heterocycles. The molecule has 2 aromatic heterocycles. The lowest BCUT2D eigenvalue weighted by molar-refractivity contribution is -0.121. The van der Waals surface area contributed by atoms with Crippen molar-refractivity contribution in [2.45, 2.75) is 25.7 Å². The van der Waals surface area contributed by atoms with Crippen LogP contribution in [-0.4, -0.2) is 32.4 Å². The summed E-state index contributed by atoms with van der Waals surface area (Å²) >= 11 is 0. The predicted molar refractivity (Wildman–Crippen MR) is 66.8 cm³/mol. The van der Waals surface area contributed by atoms with Gasteiger partial charge in [0.2, 0.25) is 5.91 Å². The number of aromatic nitrogens is 4. The van der Waals surface area contributed by atoms with Gasteiger partial charge in [0.1, 0.15) is 0 Å². The first-order valence-electron chi connectivity index (χ1n) is 6.06. The minimum Gasteiger partial charge on any atom is -0.356 e. The summed E-state index contributed by atoms with van der Waals surface area (Å²) in [6.45, 7) is 0.644. The number of amides is 1. The number of carbonyl (C=O) groups excluding carboxylic acids is 1. The van der Waals surface area contributed by atoms with Gasteiger partial charge in [0.15, 0.2) is 0 Å². The average molecular weight is 247 g/mol. The van der Waals surface area contributed by atoms with E-state index in [9.17, 15) is 4.79 Å². The number of nitrogens with zero attached hydrogens (tertiary/aromatic N) is 2. The molecule has 0 atom stereocenters. The molecule has 0 fully saturated rings. The zero-order valence-electron chi connectivity index (χ0n) is 10.1. The molecule has 0 saturated carbocycles. The fraction of sp³-hybridized carbons (Fsp3) is 0.417. The molecule has 1 amide bonds. The molecule has 0 radical (unpaired) electrons. The van der Waals surface area contributed by atoms with Crippen LogP contribution in [0.15, 0.2) is 25.0 Å². The smallest absolute Gasteiger partial charge is 0.220 e. The Hall–Kier alpha value is -2.11. The molecule has 3 N–H and O–H groups in total. The monoisotopic (exact) mass is 247 g/mol. The second-order valence-corrected chi connectivity index (χ2v) is 4.11. The topological polar surface area (TPSA) is 86.5 Å². The van der Waals surface area contributed by atoms with Crippen LogP contribution in [0.2, 0.25) is 0 Å². The Labute approximate surface area is 105 Å². The van der Waals surface area contributed by atoms with Crippen molar-refractivity contribution < 1.29 is 4.79 Å². The summed E-state index contributed by atoms with van der Waals surface area (Å²) < 4.78 is 0. The van der Waals surface area contributed by atoms with Gasteiger partial charge in [0, 0.05) is 43.2 Å². The first-order chi connectivity index (χ1) is 8.84. The van der Waals surface area contributed by atoms with Crippen molar-refractivity contribution in [2.24, 2.45) is 0 Å². The van der Waals surface area contributed by atoms with Gasteiger partial charge in [-0.25, -0.2) is 9.97 Å². The zero-order valence-corrected chi connectivity index (χ0v) is 10.1. The Morgan fingerprint density at radius 2 is 1.78 bits per heavy atom. The summed E-state index contributed by atoms with van der Waals surface area (Å²) in [6.07, 6.45) is 9.86. The fourth-order valence-corrected chi connectivity index (χ4v) is 1.71. The van der Waals surface area contributed by atoms with Gasteiger partial charge < -0.3 is 15.3 Å². The molecule has 2 rings (SSSR count). The van der Waals surface area contributed by atoms with Crippen molar-refractivity contribution in [1.82, 2.24) is 25.3 Å². The third-order valence-corrected chi connectivity index (χ3v) is 2.68. The number of nitrogens with one attached hydrogen (secondary N) is 3. The number of aromatic amines is 2. The quantitative estimate of drug-likeness (QED) is 0.677. The van der Waals surface area contributed by atoms with Gasteiger partial charge in [-0.3, -0.25) is 4.79 Å². The van der Waals surface area contributed by atoms with Gasteiger partial charge >= 0.3 is 0 Å². The lowest BCUT2D eigenvalue weighted by Crippen LogP contribution is -2.25. The summed E-state index contributed by atoms with van der Waals surface area (Å²) in [5.41, 5.74) is 2.10. The first-order valence-corrected chi connectivity index (χ1v) is 6.06. The fourth-order valence-electron chi connectivity index (χ4n) is 1.71. The molecule has 96 valence electrons. The number of rotatable bonds is 7. The van der Waals surface area contributed by atoms with Crippen molar-refractivity contribution in [3.05, 3.63) is 36.4 Å². The maximum absolute atomic E-state index is 11.5. The lowest BCUT2D eigenvalue weighted by Gasteiger charge is -2.03. The molecule has 0 aromatic carbocycles. The molecule has 6 nitrogen and oxygen atoms in total. The van der Waals surface area contributed by atoms with Gasteiger partial charge in [-0.1, -0.05) is 0 Å². The molecule has 0 aliphatic carbocycles. The molecule has 0 saturated heterocycles. The van der Waals surface area contributed by atoms with Crippen molar-refractivity contribution in [3.63, 3.8) is 0 Å². The molecule has 0 unspecified atom stereocenters. The van der Waals surface area contributed by atoms with E-state index in [1.54, 1.807) is 25.0 Å². The Morgan fingerprint density at radius 1 is 1.11 bits per heavy atom. The van der Waals surface area contributed by atoms with Gasteiger partial charge in [0.05, 0.1) is 12.7 Å². The number of hydrogen-bond acceptors (Lipinski definition) is 3.